The van der Waals surface area contributed by atoms with E-state index >= 15 is 0 Å². The van der Waals surface area contributed by atoms with Gasteiger partial charge < -0.3 is 4.74 Å². The summed E-state index contributed by atoms with van der Waals surface area (Å²) in [6, 6.07) is 0. The Morgan fingerprint density at radius 3 is 2.67 bits per heavy atom. The fraction of sp³-hybridized carbons (Fsp3) is 0.714. The van der Waals surface area contributed by atoms with Crippen LogP contribution >= 0.6 is 0 Å². The Labute approximate surface area is 60.5 Å². The van der Waals surface area contributed by atoms with Crippen molar-refractivity contribution in [2.24, 2.45) is 0 Å². The molecule has 1 nitrogen and oxygen atoms in total. The first-order valence-electron chi connectivity index (χ1n) is 3.42. The van der Waals surface area contributed by atoms with Crippen LogP contribution in [0.4, 0.5) is 0 Å². The third-order valence-electron chi connectivity index (χ3n) is 1.09. The van der Waals surface area contributed by atoms with Gasteiger partial charge in [0.05, 0.1) is 6.10 Å². The van der Waals surface area contributed by atoms with Crippen molar-refractivity contribution in [1.82, 2.24) is 0 Å². The number of rotatable bonds is 4. The van der Waals surface area contributed by atoms with Gasteiger partial charge in [-0.1, -0.05) is 5.20 Å². The van der Waals surface area contributed by atoms with Gasteiger partial charge in [0.2, 0.25) is 0 Å². The van der Waals surface area contributed by atoms with Crippen molar-refractivity contribution in [3.8, 4) is 0 Å². The lowest BCUT2D eigenvalue weighted by Crippen LogP contribution is -2.08. The second-order valence-electron chi connectivity index (χ2n) is 2.43. The molecule has 2 heteroatoms. The summed E-state index contributed by atoms with van der Waals surface area (Å²) in [7, 11) is 1.10. The Bertz CT molecular complexity index is 90.9. The Morgan fingerprint density at radius 1 is 1.78 bits per heavy atom. The van der Waals surface area contributed by atoms with Crippen LogP contribution in [0, 0.1) is 0 Å². The van der Waals surface area contributed by atoms with Gasteiger partial charge in [-0.2, -0.15) is 0 Å². The largest absolute Gasteiger partial charge is 0.378 e. The molecule has 0 radical (unpaired) electrons. The second-order valence-corrected chi connectivity index (χ2v) is 3.84. The minimum Gasteiger partial charge on any atom is -0.378 e. The molecular formula is C7H16OSi. The third-order valence-corrected chi connectivity index (χ3v) is 1.50. The van der Waals surface area contributed by atoms with Gasteiger partial charge in [-0.15, -0.1) is 6.58 Å². The normalized spacial score (nSPS) is 13.6. The van der Waals surface area contributed by atoms with E-state index in [4.69, 9.17) is 4.74 Å². The molecule has 1 unspecified atom stereocenters. The molecule has 0 aliphatic heterocycles. The van der Waals surface area contributed by atoms with Crippen LogP contribution in [-0.2, 0) is 4.74 Å². The standard InChI is InChI=1S/C7H16OSi/c1-4-8-6(2)5-7(3)9/h6H,3-5H2,1-2,9H3. The lowest BCUT2D eigenvalue weighted by Gasteiger charge is -2.09. The lowest BCUT2D eigenvalue weighted by molar-refractivity contribution is 0.0780. The molecule has 0 saturated carbocycles. The summed E-state index contributed by atoms with van der Waals surface area (Å²) < 4.78 is 5.31. The van der Waals surface area contributed by atoms with Crippen LogP contribution in [-0.4, -0.2) is 23.0 Å². The minimum absolute atomic E-state index is 0.375. The van der Waals surface area contributed by atoms with Gasteiger partial charge in [-0.05, 0) is 20.3 Å². The van der Waals surface area contributed by atoms with E-state index < -0.39 is 0 Å². The van der Waals surface area contributed by atoms with Crippen molar-refractivity contribution < 1.29 is 4.74 Å². The highest BCUT2D eigenvalue weighted by Crippen LogP contribution is 2.01. The minimum atomic E-state index is 0.375. The summed E-state index contributed by atoms with van der Waals surface area (Å²) in [5.41, 5.74) is 0. The molecule has 0 spiro atoms. The molecule has 0 N–H and O–H groups in total. The van der Waals surface area contributed by atoms with Gasteiger partial charge in [0.15, 0.2) is 0 Å². The molecule has 0 aromatic carbocycles. The van der Waals surface area contributed by atoms with Crippen LogP contribution in [0.2, 0.25) is 0 Å². The number of hydrogen-bond acceptors (Lipinski definition) is 1. The van der Waals surface area contributed by atoms with Crippen LogP contribution in [0.3, 0.4) is 0 Å². The molecule has 54 valence electrons. The predicted molar refractivity (Wildman–Crippen MR) is 44.8 cm³/mol. The van der Waals surface area contributed by atoms with Crippen LogP contribution < -0.4 is 0 Å². The zero-order valence-electron chi connectivity index (χ0n) is 6.61. The highest BCUT2D eigenvalue weighted by atomic mass is 28.1. The lowest BCUT2D eigenvalue weighted by atomic mass is 10.3. The van der Waals surface area contributed by atoms with Gasteiger partial charge in [0, 0.05) is 16.8 Å². The SMILES string of the molecule is C=C([SiH3])CC(C)OCC. The van der Waals surface area contributed by atoms with Crippen molar-refractivity contribution >= 4 is 10.2 Å². The average Bonchev–Trinajstić information content (AvgIpc) is 1.63. The van der Waals surface area contributed by atoms with Crippen molar-refractivity contribution in [3.63, 3.8) is 0 Å². The van der Waals surface area contributed by atoms with Gasteiger partial charge in [0.25, 0.3) is 0 Å². The molecule has 0 aliphatic carbocycles. The summed E-state index contributed by atoms with van der Waals surface area (Å²) in [5, 5.41) is 1.33. The molecule has 0 fully saturated rings. The maximum Gasteiger partial charge on any atom is 0.0579 e. The Kier molecular flexibility index (Phi) is 4.72. The van der Waals surface area contributed by atoms with Crippen molar-refractivity contribution in [1.29, 1.82) is 0 Å². The topological polar surface area (TPSA) is 9.23 Å². The van der Waals surface area contributed by atoms with Crippen molar-refractivity contribution in [3.05, 3.63) is 11.8 Å². The second kappa shape index (κ2) is 4.76. The summed E-state index contributed by atoms with van der Waals surface area (Å²) >= 11 is 0. The fourth-order valence-corrected chi connectivity index (χ4v) is 1.41. The Morgan fingerprint density at radius 2 is 2.33 bits per heavy atom. The smallest absolute Gasteiger partial charge is 0.0579 e. The average molecular weight is 144 g/mol. The molecule has 0 aliphatic rings. The van der Waals surface area contributed by atoms with Crippen LogP contribution in [0.1, 0.15) is 20.3 Å². The number of hydrogen-bond donors (Lipinski definition) is 0. The molecule has 0 heterocycles. The van der Waals surface area contributed by atoms with Crippen LogP contribution in [0.5, 0.6) is 0 Å². The number of ether oxygens (including phenoxy) is 1. The van der Waals surface area contributed by atoms with Crippen molar-refractivity contribution in [2.75, 3.05) is 6.61 Å². The van der Waals surface area contributed by atoms with Crippen molar-refractivity contribution in [2.45, 2.75) is 26.4 Å². The molecule has 0 aromatic rings. The summed E-state index contributed by atoms with van der Waals surface area (Å²) in [6.07, 6.45) is 1.42. The first-order valence-corrected chi connectivity index (χ1v) is 4.42. The molecule has 0 saturated heterocycles. The third kappa shape index (κ3) is 5.79. The first-order chi connectivity index (χ1) is 4.16. The van der Waals surface area contributed by atoms with Gasteiger partial charge in [0.1, 0.15) is 0 Å². The van der Waals surface area contributed by atoms with Gasteiger partial charge in [-0.25, -0.2) is 0 Å². The van der Waals surface area contributed by atoms with E-state index in [1.807, 2.05) is 6.92 Å². The predicted octanol–water partition coefficient (Wildman–Crippen LogP) is 0.681. The summed E-state index contributed by atoms with van der Waals surface area (Å²) in [5.74, 6) is 0. The highest BCUT2D eigenvalue weighted by Gasteiger charge is 1.98. The zero-order valence-corrected chi connectivity index (χ0v) is 8.61. The summed E-state index contributed by atoms with van der Waals surface area (Å²) in [6.45, 7) is 8.78. The molecule has 1 atom stereocenters. The maximum atomic E-state index is 5.31. The van der Waals surface area contributed by atoms with E-state index in [0.29, 0.717) is 6.10 Å². The van der Waals surface area contributed by atoms with E-state index in [2.05, 4.69) is 13.5 Å². The van der Waals surface area contributed by atoms with Crippen LogP contribution in [0.25, 0.3) is 0 Å². The Balaban J connectivity index is 3.26. The quantitative estimate of drug-likeness (QED) is 0.527. The molecular weight excluding hydrogens is 128 g/mol. The van der Waals surface area contributed by atoms with E-state index in [1.165, 1.54) is 5.20 Å². The van der Waals surface area contributed by atoms with E-state index in [0.717, 1.165) is 23.3 Å². The maximum absolute atomic E-state index is 5.31. The van der Waals surface area contributed by atoms with Gasteiger partial charge in [-0.3, -0.25) is 0 Å². The monoisotopic (exact) mass is 144 g/mol. The Hall–Kier alpha value is -0.0831. The molecule has 0 amide bonds. The first kappa shape index (κ1) is 8.92. The summed E-state index contributed by atoms with van der Waals surface area (Å²) in [4.78, 5) is 0. The van der Waals surface area contributed by atoms with Gasteiger partial charge >= 0.3 is 0 Å². The molecule has 0 aromatic heterocycles. The molecule has 9 heavy (non-hydrogen) atoms. The zero-order chi connectivity index (χ0) is 7.28. The van der Waals surface area contributed by atoms with E-state index in [1.54, 1.807) is 0 Å². The highest BCUT2D eigenvalue weighted by molar-refractivity contribution is 6.21. The molecule has 0 bridgehead atoms. The van der Waals surface area contributed by atoms with Crippen LogP contribution in [0.15, 0.2) is 11.8 Å². The molecule has 0 rings (SSSR count). The van der Waals surface area contributed by atoms with E-state index in [9.17, 15) is 0 Å². The fourth-order valence-electron chi connectivity index (χ4n) is 0.834. The van der Waals surface area contributed by atoms with E-state index in [-0.39, 0.29) is 0 Å².